The van der Waals surface area contributed by atoms with Crippen LogP contribution in [0, 0.1) is 6.92 Å². The van der Waals surface area contributed by atoms with E-state index in [0.717, 1.165) is 5.56 Å². The zero-order chi connectivity index (χ0) is 16.6. The van der Waals surface area contributed by atoms with Crippen molar-refractivity contribution in [2.75, 3.05) is 24.5 Å². The number of likely N-dealkylation sites (tertiary alicyclic amines) is 1. The van der Waals surface area contributed by atoms with Crippen molar-refractivity contribution in [2.45, 2.75) is 25.8 Å². The number of carboxylic acids is 1. The lowest BCUT2D eigenvalue weighted by molar-refractivity contribution is -0.141. The summed E-state index contributed by atoms with van der Waals surface area (Å²) < 4.78 is 0. The Morgan fingerprint density at radius 2 is 2.09 bits per heavy atom. The predicted molar refractivity (Wildman–Crippen MR) is 83.6 cm³/mol. The molecule has 2 aliphatic rings. The summed E-state index contributed by atoms with van der Waals surface area (Å²) in [5.41, 5.74) is 2.00. The molecule has 1 aromatic rings. The van der Waals surface area contributed by atoms with E-state index in [1.807, 2.05) is 6.92 Å². The van der Waals surface area contributed by atoms with Crippen molar-refractivity contribution in [3.63, 3.8) is 0 Å². The van der Waals surface area contributed by atoms with E-state index in [1.165, 1.54) is 4.90 Å². The number of anilines is 1. The van der Waals surface area contributed by atoms with Crippen LogP contribution >= 0.6 is 0 Å². The summed E-state index contributed by atoms with van der Waals surface area (Å²) in [6.45, 7) is 3.46. The van der Waals surface area contributed by atoms with E-state index < -0.39 is 12.0 Å². The highest BCUT2D eigenvalue weighted by atomic mass is 16.4. The maximum atomic E-state index is 12.7. The van der Waals surface area contributed by atoms with Crippen LogP contribution in [0.25, 0.3) is 0 Å². The third kappa shape index (κ3) is 2.74. The molecular formula is C16H19N3O4. The number of aliphatic carboxylic acids is 1. The van der Waals surface area contributed by atoms with Gasteiger partial charge in [-0.25, -0.2) is 9.59 Å². The number of carbonyl (C=O) groups excluding carboxylic acids is 2. The highest BCUT2D eigenvalue weighted by Crippen LogP contribution is 2.26. The summed E-state index contributed by atoms with van der Waals surface area (Å²) in [5.74, 6) is -1.27. The molecular weight excluding hydrogens is 298 g/mol. The van der Waals surface area contributed by atoms with E-state index in [2.05, 4.69) is 5.32 Å². The van der Waals surface area contributed by atoms with Crippen molar-refractivity contribution >= 4 is 23.6 Å². The van der Waals surface area contributed by atoms with Gasteiger partial charge in [-0.2, -0.15) is 0 Å². The molecule has 0 aromatic heterocycles. The average Bonchev–Trinajstić information content (AvgIpc) is 3.16. The fourth-order valence-electron chi connectivity index (χ4n) is 3.17. The Labute approximate surface area is 133 Å². The van der Waals surface area contributed by atoms with Crippen LogP contribution in [0.4, 0.5) is 10.5 Å². The van der Waals surface area contributed by atoms with Crippen molar-refractivity contribution in [3.8, 4) is 0 Å². The van der Waals surface area contributed by atoms with Gasteiger partial charge in [0.25, 0.3) is 5.91 Å². The molecule has 0 aliphatic carbocycles. The van der Waals surface area contributed by atoms with Crippen molar-refractivity contribution in [1.82, 2.24) is 10.2 Å². The van der Waals surface area contributed by atoms with Crippen molar-refractivity contribution in [2.24, 2.45) is 0 Å². The summed E-state index contributed by atoms with van der Waals surface area (Å²) in [5, 5.41) is 12.0. The summed E-state index contributed by atoms with van der Waals surface area (Å²) in [4.78, 5) is 38.8. The van der Waals surface area contributed by atoms with E-state index in [9.17, 15) is 19.5 Å². The quantitative estimate of drug-likeness (QED) is 0.877. The number of benzene rings is 1. The molecule has 2 heterocycles. The van der Waals surface area contributed by atoms with Gasteiger partial charge in [0.15, 0.2) is 0 Å². The van der Waals surface area contributed by atoms with Gasteiger partial charge in [-0.15, -0.1) is 0 Å². The fraction of sp³-hybridized carbons (Fsp3) is 0.438. The first kappa shape index (κ1) is 15.3. The number of rotatable bonds is 3. The summed E-state index contributed by atoms with van der Waals surface area (Å²) >= 11 is 0. The number of hydrogen-bond donors (Lipinski definition) is 2. The number of urea groups is 1. The second-order valence-corrected chi connectivity index (χ2v) is 5.88. The molecule has 7 heteroatoms. The Morgan fingerprint density at radius 3 is 2.74 bits per heavy atom. The van der Waals surface area contributed by atoms with Gasteiger partial charge in [0.2, 0.25) is 0 Å². The molecule has 3 amide bonds. The summed E-state index contributed by atoms with van der Waals surface area (Å²) in [7, 11) is 0. The van der Waals surface area contributed by atoms with Gasteiger partial charge >= 0.3 is 12.0 Å². The minimum Gasteiger partial charge on any atom is -0.480 e. The molecule has 2 saturated heterocycles. The molecule has 0 radical (unpaired) electrons. The van der Waals surface area contributed by atoms with Crippen LogP contribution in [-0.2, 0) is 4.79 Å². The monoisotopic (exact) mass is 317 g/mol. The molecule has 7 nitrogen and oxygen atoms in total. The maximum absolute atomic E-state index is 12.7. The van der Waals surface area contributed by atoms with Gasteiger partial charge in [0.1, 0.15) is 6.04 Å². The standard InChI is InChI=1S/C16H19N3O4/c1-10-4-5-11(9-13(10)19-8-6-17-16(19)23)14(20)18-7-2-3-12(18)15(21)22/h4-5,9,12H,2-3,6-8H2,1H3,(H,17,23)(H,21,22)/t12-/m0/s1. The summed E-state index contributed by atoms with van der Waals surface area (Å²) in [6.07, 6.45) is 1.17. The molecule has 0 spiro atoms. The van der Waals surface area contributed by atoms with Crippen LogP contribution in [-0.4, -0.2) is 53.6 Å². The molecule has 3 rings (SSSR count). The van der Waals surface area contributed by atoms with Gasteiger partial charge in [0.05, 0.1) is 0 Å². The molecule has 1 atom stereocenters. The highest BCUT2D eigenvalue weighted by Gasteiger charge is 2.34. The topological polar surface area (TPSA) is 89.9 Å². The predicted octanol–water partition coefficient (Wildman–Crippen LogP) is 1.21. The first-order valence-electron chi connectivity index (χ1n) is 7.69. The van der Waals surface area contributed by atoms with Crippen LogP contribution in [0.15, 0.2) is 18.2 Å². The molecule has 122 valence electrons. The Balaban J connectivity index is 1.90. The Bertz CT molecular complexity index is 673. The smallest absolute Gasteiger partial charge is 0.326 e. The third-order valence-electron chi connectivity index (χ3n) is 4.40. The van der Waals surface area contributed by atoms with Crippen molar-refractivity contribution in [1.29, 1.82) is 0 Å². The van der Waals surface area contributed by atoms with Gasteiger partial charge < -0.3 is 15.3 Å². The number of nitrogens with zero attached hydrogens (tertiary/aromatic N) is 2. The third-order valence-corrected chi connectivity index (χ3v) is 4.40. The Kier molecular flexibility index (Phi) is 3.94. The number of aryl methyl sites for hydroxylation is 1. The highest BCUT2D eigenvalue weighted by molar-refractivity contribution is 6.00. The molecule has 0 unspecified atom stereocenters. The minimum absolute atomic E-state index is 0.178. The SMILES string of the molecule is Cc1ccc(C(=O)N2CCC[C@H]2C(=O)O)cc1N1CCNC1=O. The average molecular weight is 317 g/mol. The maximum Gasteiger partial charge on any atom is 0.326 e. The van der Waals surface area contributed by atoms with E-state index >= 15 is 0 Å². The second-order valence-electron chi connectivity index (χ2n) is 5.88. The van der Waals surface area contributed by atoms with Gasteiger partial charge in [-0.05, 0) is 37.5 Å². The molecule has 2 fully saturated rings. The number of carbonyl (C=O) groups is 3. The van der Waals surface area contributed by atoms with Gasteiger partial charge in [-0.1, -0.05) is 6.07 Å². The van der Waals surface area contributed by atoms with Crippen molar-refractivity contribution in [3.05, 3.63) is 29.3 Å². The first-order chi connectivity index (χ1) is 11.0. The first-order valence-corrected chi connectivity index (χ1v) is 7.69. The lowest BCUT2D eigenvalue weighted by Gasteiger charge is -2.23. The molecule has 0 bridgehead atoms. The van der Waals surface area contributed by atoms with Crippen LogP contribution < -0.4 is 10.2 Å². The Hall–Kier alpha value is -2.57. The fourth-order valence-corrected chi connectivity index (χ4v) is 3.17. The molecule has 2 aliphatic heterocycles. The number of carboxylic acid groups (broad SMARTS) is 1. The van der Waals surface area contributed by atoms with Crippen LogP contribution in [0.5, 0.6) is 0 Å². The largest absolute Gasteiger partial charge is 0.480 e. The second kappa shape index (κ2) is 5.91. The van der Waals surface area contributed by atoms with Gasteiger partial charge in [0, 0.05) is 30.9 Å². The summed E-state index contributed by atoms with van der Waals surface area (Å²) in [6, 6.07) is 4.22. The zero-order valence-corrected chi connectivity index (χ0v) is 12.9. The van der Waals surface area contributed by atoms with Crippen molar-refractivity contribution < 1.29 is 19.5 Å². The van der Waals surface area contributed by atoms with Crippen LogP contribution in [0.2, 0.25) is 0 Å². The molecule has 2 N–H and O–H groups in total. The molecule has 0 saturated carbocycles. The minimum atomic E-state index is -0.970. The molecule has 1 aromatic carbocycles. The van der Waals surface area contributed by atoms with E-state index in [4.69, 9.17) is 0 Å². The number of nitrogens with one attached hydrogen (secondary N) is 1. The van der Waals surface area contributed by atoms with Crippen LogP contribution in [0.3, 0.4) is 0 Å². The zero-order valence-electron chi connectivity index (χ0n) is 12.9. The lowest BCUT2D eigenvalue weighted by Crippen LogP contribution is -2.40. The number of amides is 3. The normalized spacial score (nSPS) is 20.7. The lowest BCUT2D eigenvalue weighted by atomic mass is 10.1. The van der Waals surface area contributed by atoms with E-state index in [1.54, 1.807) is 23.1 Å². The van der Waals surface area contributed by atoms with E-state index in [0.29, 0.717) is 43.7 Å². The number of hydrogen-bond acceptors (Lipinski definition) is 3. The molecule has 23 heavy (non-hydrogen) atoms. The van der Waals surface area contributed by atoms with Crippen LogP contribution in [0.1, 0.15) is 28.8 Å². The Morgan fingerprint density at radius 1 is 1.30 bits per heavy atom. The van der Waals surface area contributed by atoms with Gasteiger partial charge in [-0.3, -0.25) is 9.69 Å². The van der Waals surface area contributed by atoms with E-state index in [-0.39, 0.29) is 11.9 Å².